The normalized spacial score (nSPS) is 10.8. The van der Waals surface area contributed by atoms with Gasteiger partial charge in [0.1, 0.15) is 11.6 Å². The first-order valence-corrected chi connectivity index (χ1v) is 5.48. The highest BCUT2D eigenvalue weighted by atomic mass is 19.1. The summed E-state index contributed by atoms with van der Waals surface area (Å²) in [6, 6.07) is 5.90. The zero-order valence-corrected chi connectivity index (χ0v) is 9.59. The SMILES string of the molecule is O=C(O)c1cc2nc(-c3cccnc3)[nH]c2cc1F. The summed E-state index contributed by atoms with van der Waals surface area (Å²) in [7, 11) is 0. The molecule has 19 heavy (non-hydrogen) atoms. The maximum atomic E-state index is 13.5. The number of nitrogens with zero attached hydrogens (tertiary/aromatic N) is 2. The first-order valence-electron chi connectivity index (χ1n) is 5.48. The van der Waals surface area contributed by atoms with Gasteiger partial charge < -0.3 is 10.1 Å². The lowest BCUT2D eigenvalue weighted by atomic mass is 10.2. The molecule has 2 N–H and O–H groups in total. The summed E-state index contributed by atoms with van der Waals surface area (Å²) in [5, 5.41) is 8.86. The number of hydrogen-bond acceptors (Lipinski definition) is 3. The van der Waals surface area contributed by atoms with E-state index < -0.39 is 17.3 Å². The highest BCUT2D eigenvalue weighted by Crippen LogP contribution is 2.22. The summed E-state index contributed by atoms with van der Waals surface area (Å²) >= 11 is 0. The fraction of sp³-hybridized carbons (Fsp3) is 0. The molecule has 0 aliphatic rings. The van der Waals surface area contributed by atoms with Crippen LogP contribution in [0, 0.1) is 5.82 Å². The van der Waals surface area contributed by atoms with E-state index in [9.17, 15) is 9.18 Å². The van der Waals surface area contributed by atoms with Crippen LogP contribution >= 0.6 is 0 Å². The number of aromatic carboxylic acids is 1. The molecule has 1 aromatic carbocycles. The van der Waals surface area contributed by atoms with E-state index in [4.69, 9.17) is 5.11 Å². The van der Waals surface area contributed by atoms with Crippen molar-refractivity contribution in [2.45, 2.75) is 0 Å². The molecule has 94 valence electrons. The number of aromatic nitrogens is 3. The summed E-state index contributed by atoms with van der Waals surface area (Å²) < 4.78 is 13.5. The van der Waals surface area contributed by atoms with E-state index in [0.717, 1.165) is 11.6 Å². The lowest BCUT2D eigenvalue weighted by Gasteiger charge is -1.95. The Morgan fingerprint density at radius 3 is 2.89 bits per heavy atom. The number of hydrogen-bond donors (Lipinski definition) is 2. The van der Waals surface area contributed by atoms with E-state index in [-0.39, 0.29) is 0 Å². The van der Waals surface area contributed by atoms with E-state index in [1.54, 1.807) is 24.5 Å². The lowest BCUT2D eigenvalue weighted by molar-refractivity contribution is 0.0692. The second kappa shape index (κ2) is 4.16. The Hall–Kier alpha value is -2.76. The number of rotatable bonds is 2. The highest BCUT2D eigenvalue weighted by Gasteiger charge is 2.14. The van der Waals surface area contributed by atoms with Gasteiger partial charge in [0.05, 0.1) is 16.6 Å². The maximum absolute atomic E-state index is 13.5. The van der Waals surface area contributed by atoms with Gasteiger partial charge in [-0.2, -0.15) is 0 Å². The molecule has 0 aliphatic heterocycles. The zero-order chi connectivity index (χ0) is 13.4. The summed E-state index contributed by atoms with van der Waals surface area (Å²) in [6.07, 6.45) is 3.25. The average Bonchev–Trinajstić information content (AvgIpc) is 2.81. The van der Waals surface area contributed by atoms with Gasteiger partial charge in [0, 0.05) is 24.0 Å². The summed E-state index contributed by atoms with van der Waals surface area (Å²) in [5.74, 6) is -1.59. The fourth-order valence-corrected chi connectivity index (χ4v) is 1.83. The molecule has 0 unspecified atom stereocenters. The molecule has 5 nitrogen and oxygen atoms in total. The summed E-state index contributed by atoms with van der Waals surface area (Å²) in [4.78, 5) is 22.0. The number of carboxylic acids is 1. The molecule has 0 spiro atoms. The summed E-state index contributed by atoms with van der Waals surface area (Å²) in [6.45, 7) is 0. The second-order valence-electron chi connectivity index (χ2n) is 3.98. The number of carboxylic acid groups (broad SMARTS) is 1. The van der Waals surface area contributed by atoms with Gasteiger partial charge in [-0.15, -0.1) is 0 Å². The molecule has 2 aromatic heterocycles. The number of nitrogens with one attached hydrogen (secondary N) is 1. The predicted octanol–water partition coefficient (Wildman–Crippen LogP) is 2.46. The Labute approximate surface area is 106 Å². The van der Waals surface area contributed by atoms with E-state index in [1.165, 1.54) is 6.07 Å². The molecular weight excluding hydrogens is 249 g/mol. The molecule has 0 radical (unpaired) electrons. The van der Waals surface area contributed by atoms with E-state index in [2.05, 4.69) is 15.0 Å². The third kappa shape index (κ3) is 1.93. The van der Waals surface area contributed by atoms with Crippen molar-refractivity contribution in [1.82, 2.24) is 15.0 Å². The molecule has 0 atom stereocenters. The van der Waals surface area contributed by atoms with Crippen molar-refractivity contribution in [3.05, 3.63) is 48.0 Å². The molecule has 0 saturated carbocycles. The minimum absolute atomic E-state index is 0.392. The van der Waals surface area contributed by atoms with Crippen molar-refractivity contribution in [2.24, 2.45) is 0 Å². The van der Waals surface area contributed by atoms with Crippen molar-refractivity contribution in [3.63, 3.8) is 0 Å². The van der Waals surface area contributed by atoms with Crippen LogP contribution in [0.3, 0.4) is 0 Å². The Balaban J connectivity index is 2.19. The monoisotopic (exact) mass is 257 g/mol. The van der Waals surface area contributed by atoms with Crippen LogP contribution in [-0.2, 0) is 0 Å². The third-order valence-electron chi connectivity index (χ3n) is 2.74. The molecule has 6 heteroatoms. The van der Waals surface area contributed by atoms with E-state index in [0.29, 0.717) is 16.9 Å². The number of fused-ring (bicyclic) bond motifs is 1. The number of aromatic amines is 1. The van der Waals surface area contributed by atoms with Crippen molar-refractivity contribution in [2.75, 3.05) is 0 Å². The summed E-state index contributed by atoms with van der Waals surface area (Å²) in [5.41, 5.74) is 1.20. The van der Waals surface area contributed by atoms with E-state index >= 15 is 0 Å². The minimum Gasteiger partial charge on any atom is -0.478 e. The Kier molecular flexibility index (Phi) is 2.49. The van der Waals surface area contributed by atoms with Gasteiger partial charge in [-0.1, -0.05) is 0 Å². The van der Waals surface area contributed by atoms with Crippen LogP contribution in [0.5, 0.6) is 0 Å². The predicted molar refractivity (Wildman–Crippen MR) is 66.2 cm³/mol. The van der Waals surface area contributed by atoms with Crippen LogP contribution in [0.15, 0.2) is 36.7 Å². The zero-order valence-electron chi connectivity index (χ0n) is 9.59. The number of carbonyl (C=O) groups is 1. The van der Waals surface area contributed by atoms with Gasteiger partial charge in [-0.25, -0.2) is 14.2 Å². The number of pyridine rings is 1. The Bertz CT molecular complexity index is 768. The highest BCUT2D eigenvalue weighted by molar-refractivity contribution is 5.93. The van der Waals surface area contributed by atoms with Gasteiger partial charge >= 0.3 is 5.97 Å². The molecule has 0 amide bonds. The molecule has 0 saturated heterocycles. The van der Waals surface area contributed by atoms with Gasteiger partial charge in [0.15, 0.2) is 0 Å². The minimum atomic E-state index is -1.31. The quantitative estimate of drug-likeness (QED) is 0.739. The van der Waals surface area contributed by atoms with Crippen LogP contribution in [0.25, 0.3) is 22.4 Å². The largest absolute Gasteiger partial charge is 0.478 e. The molecule has 2 heterocycles. The smallest absolute Gasteiger partial charge is 0.338 e. The van der Waals surface area contributed by atoms with Gasteiger partial charge in [-0.05, 0) is 18.2 Å². The van der Waals surface area contributed by atoms with Crippen LogP contribution in [0.1, 0.15) is 10.4 Å². The number of halogens is 1. The first kappa shape index (κ1) is 11.3. The van der Waals surface area contributed by atoms with Crippen molar-refractivity contribution < 1.29 is 14.3 Å². The third-order valence-corrected chi connectivity index (χ3v) is 2.74. The van der Waals surface area contributed by atoms with Crippen LogP contribution in [0.4, 0.5) is 4.39 Å². The first-order chi connectivity index (χ1) is 9.15. The van der Waals surface area contributed by atoms with E-state index in [1.807, 2.05) is 0 Å². The van der Waals surface area contributed by atoms with Crippen molar-refractivity contribution >= 4 is 17.0 Å². The lowest BCUT2D eigenvalue weighted by Crippen LogP contribution is -1.99. The Morgan fingerprint density at radius 1 is 1.37 bits per heavy atom. The number of benzene rings is 1. The van der Waals surface area contributed by atoms with Crippen molar-refractivity contribution in [3.8, 4) is 11.4 Å². The molecule has 0 aliphatic carbocycles. The number of H-pyrrole nitrogens is 1. The van der Waals surface area contributed by atoms with Gasteiger partial charge in [-0.3, -0.25) is 4.98 Å². The number of imidazole rings is 1. The molecule has 0 bridgehead atoms. The average molecular weight is 257 g/mol. The molecule has 0 fully saturated rings. The van der Waals surface area contributed by atoms with Crippen LogP contribution in [-0.4, -0.2) is 26.0 Å². The molecular formula is C13H8FN3O2. The topological polar surface area (TPSA) is 78.9 Å². The molecule has 3 rings (SSSR count). The molecule has 3 aromatic rings. The van der Waals surface area contributed by atoms with Crippen molar-refractivity contribution in [1.29, 1.82) is 0 Å². The van der Waals surface area contributed by atoms with Gasteiger partial charge in [0.2, 0.25) is 0 Å². The fourth-order valence-electron chi connectivity index (χ4n) is 1.83. The van der Waals surface area contributed by atoms with Gasteiger partial charge in [0.25, 0.3) is 0 Å². The standard InChI is InChI=1S/C13H8FN3O2/c14-9-5-11-10(4-8(9)13(18)19)16-12(17-11)7-2-1-3-15-6-7/h1-6H,(H,16,17)(H,18,19). The second-order valence-corrected chi connectivity index (χ2v) is 3.98. The Morgan fingerprint density at radius 2 is 2.21 bits per heavy atom. The van der Waals surface area contributed by atoms with Crippen LogP contribution < -0.4 is 0 Å². The van der Waals surface area contributed by atoms with Crippen LogP contribution in [0.2, 0.25) is 0 Å². The maximum Gasteiger partial charge on any atom is 0.338 e.